The molecule has 0 radical (unpaired) electrons. The van der Waals surface area contributed by atoms with Crippen LogP contribution in [0.25, 0.3) is 54.5 Å². The van der Waals surface area contributed by atoms with Crippen molar-refractivity contribution in [3.63, 3.8) is 0 Å². The van der Waals surface area contributed by atoms with Crippen LogP contribution in [0.2, 0.25) is 0 Å². The van der Waals surface area contributed by atoms with E-state index in [1.807, 2.05) is 6.20 Å². The highest BCUT2D eigenvalue weighted by atomic mass is 35.5. The number of quaternary nitrogens is 1. The molecule has 8 aromatic rings. The molecule has 20 rings (SSSR count). The Morgan fingerprint density at radius 1 is 0.532 bits per heavy atom. The van der Waals surface area contributed by atoms with Crippen molar-refractivity contribution in [1.29, 1.82) is 0 Å². The molecule has 4 saturated heterocycles. The Labute approximate surface area is 655 Å². The number of fused-ring (bicyclic) bond motifs is 12. The van der Waals surface area contributed by atoms with Gasteiger partial charge in [-0.2, -0.15) is 0 Å². The minimum absolute atomic E-state index is 0. The van der Waals surface area contributed by atoms with E-state index in [0.29, 0.717) is 29.8 Å². The third-order valence-electron chi connectivity index (χ3n) is 28.9. The minimum Gasteiger partial charge on any atom is -1.00 e. The van der Waals surface area contributed by atoms with Crippen molar-refractivity contribution in [2.45, 2.75) is 234 Å². The molecular weight excluding hydrogens is 1360 g/mol. The van der Waals surface area contributed by atoms with Crippen molar-refractivity contribution >= 4 is 54.5 Å². The van der Waals surface area contributed by atoms with Crippen molar-refractivity contribution in [3.8, 4) is 0 Å². The number of epoxide rings is 1. The number of aliphatic hydroxyl groups is 1. The molecule has 15 atom stereocenters. The molecule has 109 heavy (non-hydrogen) atoms. The first kappa shape index (κ1) is 75.2. The van der Waals surface area contributed by atoms with Crippen LogP contribution in [-0.2, 0) is 17.6 Å². The zero-order valence-corrected chi connectivity index (χ0v) is 65.9. The van der Waals surface area contributed by atoms with E-state index in [-0.39, 0.29) is 47.0 Å². The number of allylic oxidation sites excluding steroid dienone is 9. The molecule has 0 amide bonds. The number of aromatic amines is 3. The number of hydrogen-bond acceptors (Lipinski definition) is 9. The number of hydrogen-bond donors (Lipinski definition) is 7. The summed E-state index contributed by atoms with van der Waals surface area (Å²) in [7, 11) is 0. The van der Waals surface area contributed by atoms with Gasteiger partial charge in [0.25, 0.3) is 0 Å². The molecule has 2 aliphatic carbocycles. The lowest BCUT2D eigenvalue weighted by molar-refractivity contribution is -0.940. The van der Waals surface area contributed by atoms with E-state index in [0.717, 1.165) is 64.7 Å². The van der Waals surface area contributed by atoms with Gasteiger partial charge >= 0.3 is 0 Å². The van der Waals surface area contributed by atoms with Crippen molar-refractivity contribution in [3.05, 3.63) is 192 Å². The SMILES string of the molecule is C1=C\CCCCN(CCc2nccc3c2[nH]c2ccccc23)CCCC/1.C1=C\CC[C@]23CN4CCCC/C=C\CC[C@@]5(O[C@H]5[C@@H](c5nccc6c5[nH]c5ccccc56)[C@@H]2CC4)[C@@H]3NCCCC/1.O[C@]12C=C(C3NCCc4c3[nH]c3ccccc43)[C@@H]3CCN(CCCC/C=C\CC1)C[C@@]31CC3/C=C\CCCC[NH+]3[C@H]12.[Cl-]. The molecular formula is C95H124ClN11O2. The summed E-state index contributed by atoms with van der Waals surface area (Å²) in [6.07, 6.45) is 66.0. The lowest BCUT2D eigenvalue weighted by Gasteiger charge is -2.59. The number of H-pyrrole nitrogens is 3. The predicted octanol–water partition coefficient (Wildman–Crippen LogP) is 14.4. The summed E-state index contributed by atoms with van der Waals surface area (Å²) in [4.78, 5) is 31.2. The molecule has 7 N–H and O–H groups in total. The molecule has 1 saturated carbocycles. The standard InChI is InChI=1S/C36H46N4O.C36H48N4O.C23H29N3.ClH/c1-3-7-13-21-38-34-35(19-11-5-1)25-40-23-14-8-4-2-6-12-20-36(34)33(41-36)30(28(35)18-24-40)32-31-27(17-22-37-32)26-15-9-10-16-29(26)39-31;41-36-18-10-4-1-2-5-11-20-39-22-17-30(35(25-39)23-26-13-7-3-6-12-21-40(26)34(35)36)29(24-36)32-33-28(16-19-37-32)27-14-8-9-15-31(27)38-33;1-2-4-6-10-17-26(16-9-5-3-1)18-14-22-23-20(13-15-24-22)19-11-7-8-12-21(19)25-23;/h1-2,5-6,9-10,15-17,22,28,30,33-34,38-39H,3-4,7-8,11-14,18-21,23-25H2;1,4,7-9,13-15,24,26,30,32,34,37-38,41H,2-3,5-6,10-12,16-23,25H2;1-2,7-8,11-13,15,25H,3-6,9-10,14,16-18H2;1H/b5-1-,6-2-;4-1-,13-7-;2-1-;/t28-,30+,33-,34+,35-,36-;26?,30-,32?,34+,35-,36-;;/m00../s1. The van der Waals surface area contributed by atoms with Gasteiger partial charge in [0.2, 0.25) is 0 Å². The summed E-state index contributed by atoms with van der Waals surface area (Å²) in [5.41, 5.74) is 12.3. The van der Waals surface area contributed by atoms with Gasteiger partial charge in [-0.3, -0.25) is 9.97 Å². The summed E-state index contributed by atoms with van der Waals surface area (Å²) < 4.78 is 7.19. The van der Waals surface area contributed by atoms with Gasteiger partial charge in [-0.15, -0.1) is 0 Å². The first-order chi connectivity index (χ1) is 53.4. The Kier molecular flexibility index (Phi) is 23.2. The number of piperidine rings is 2. The second-order valence-electron chi connectivity index (χ2n) is 35.2. The van der Waals surface area contributed by atoms with Gasteiger partial charge in [-0.25, -0.2) is 0 Å². The molecule has 578 valence electrons. The number of para-hydroxylation sites is 3. The fourth-order valence-electron chi connectivity index (χ4n) is 24.1. The highest BCUT2D eigenvalue weighted by Crippen LogP contribution is 2.68. The normalized spacial score (nSPS) is 35.2. The molecule has 3 aromatic carbocycles. The monoisotopic (exact) mass is 1490 g/mol. The van der Waals surface area contributed by atoms with Gasteiger partial charge < -0.3 is 67.4 Å². The van der Waals surface area contributed by atoms with Crippen molar-refractivity contribution in [2.24, 2.45) is 22.7 Å². The largest absolute Gasteiger partial charge is 1.00 e. The van der Waals surface area contributed by atoms with Crippen LogP contribution in [0.5, 0.6) is 0 Å². The summed E-state index contributed by atoms with van der Waals surface area (Å²) in [6, 6.07) is 31.8. The van der Waals surface area contributed by atoms with E-state index < -0.39 is 5.60 Å². The Bertz CT molecular complexity index is 4600. The lowest BCUT2D eigenvalue weighted by atomic mass is 9.50. The number of aromatic nitrogens is 5. The highest BCUT2D eigenvalue weighted by Gasteiger charge is 2.76. The van der Waals surface area contributed by atoms with Gasteiger partial charge in [0.1, 0.15) is 23.3 Å². The van der Waals surface area contributed by atoms with Crippen molar-refractivity contribution in [2.75, 3.05) is 78.5 Å². The van der Waals surface area contributed by atoms with Crippen molar-refractivity contribution in [1.82, 2.24) is 50.3 Å². The smallest absolute Gasteiger partial charge is 0.135 e. The number of rotatable bonds is 5. The molecule has 3 spiro atoms. The number of ether oxygens (including phenoxy) is 1. The number of nitrogens with one attached hydrogen (secondary N) is 6. The summed E-state index contributed by atoms with van der Waals surface area (Å²) in [5.74, 6) is 1.38. The zero-order chi connectivity index (χ0) is 72.3. The Morgan fingerprint density at radius 2 is 1.12 bits per heavy atom. The van der Waals surface area contributed by atoms with Crippen LogP contribution in [0.4, 0.5) is 0 Å². The van der Waals surface area contributed by atoms with E-state index in [1.54, 1.807) is 4.90 Å². The fourth-order valence-corrected chi connectivity index (χ4v) is 24.1. The molecule has 5 fully saturated rings. The van der Waals surface area contributed by atoms with Crippen LogP contribution in [0.1, 0.15) is 208 Å². The quantitative estimate of drug-likeness (QED) is 0.0662. The fraction of sp³-hybridized carbons (Fsp3) is 0.558. The van der Waals surface area contributed by atoms with E-state index >= 15 is 0 Å². The number of pyridine rings is 2. The molecule has 14 heteroatoms. The molecule has 13 nitrogen and oxygen atoms in total. The maximum Gasteiger partial charge on any atom is 0.135 e. The van der Waals surface area contributed by atoms with E-state index in [9.17, 15) is 5.11 Å². The third kappa shape index (κ3) is 14.9. The van der Waals surface area contributed by atoms with Crippen LogP contribution in [0, 0.1) is 22.7 Å². The Hall–Kier alpha value is -6.49. The topological polar surface area (TPSA) is 144 Å². The van der Waals surface area contributed by atoms with E-state index in [1.165, 1.54) is 283 Å². The minimum atomic E-state index is -0.796. The summed E-state index contributed by atoms with van der Waals surface area (Å²) in [6.45, 7) is 14.0. The second-order valence-corrected chi connectivity index (χ2v) is 35.2. The van der Waals surface area contributed by atoms with Crippen molar-refractivity contribution < 1.29 is 27.2 Å². The maximum atomic E-state index is 13.1. The molecule has 5 aromatic heterocycles. The first-order valence-electron chi connectivity index (χ1n) is 43.6. The van der Waals surface area contributed by atoms with Gasteiger partial charge in [0.05, 0.1) is 46.5 Å². The molecule has 5 unspecified atom stereocenters. The average molecular weight is 1490 g/mol. The van der Waals surface area contributed by atoms with Crippen LogP contribution < -0.4 is 27.9 Å². The first-order valence-corrected chi connectivity index (χ1v) is 43.6. The van der Waals surface area contributed by atoms with Crippen LogP contribution in [-0.4, -0.2) is 159 Å². The molecule has 12 aliphatic rings. The summed E-state index contributed by atoms with van der Waals surface area (Å²) >= 11 is 0. The maximum absolute atomic E-state index is 13.1. The summed E-state index contributed by atoms with van der Waals surface area (Å²) in [5, 5.41) is 28.0. The number of halogens is 1. The van der Waals surface area contributed by atoms with Crippen LogP contribution >= 0.6 is 0 Å². The third-order valence-corrected chi connectivity index (χ3v) is 28.9. The number of nitrogens with zero attached hydrogens (tertiary/aromatic N) is 5. The number of benzene rings is 3. The molecule has 10 aliphatic heterocycles. The second kappa shape index (κ2) is 33.7. The zero-order valence-electron chi connectivity index (χ0n) is 65.2. The Morgan fingerprint density at radius 3 is 1.84 bits per heavy atom. The van der Waals surface area contributed by atoms with Gasteiger partial charge in [-0.1, -0.05) is 109 Å². The van der Waals surface area contributed by atoms with Crippen LogP contribution in [0.15, 0.2) is 170 Å². The molecule has 15 heterocycles. The average Bonchev–Trinajstić information content (AvgIpc) is 1.52. The van der Waals surface area contributed by atoms with Gasteiger partial charge in [0, 0.05) is 118 Å². The van der Waals surface area contributed by atoms with Crippen LogP contribution in [0.3, 0.4) is 0 Å². The van der Waals surface area contributed by atoms with E-state index in [4.69, 9.17) is 14.7 Å². The van der Waals surface area contributed by atoms with Gasteiger partial charge in [0.15, 0.2) is 0 Å². The predicted molar refractivity (Wildman–Crippen MR) is 444 cm³/mol. The Balaban J connectivity index is 0.000000122. The lowest BCUT2D eigenvalue weighted by Crippen LogP contribution is -3.20. The highest BCUT2D eigenvalue weighted by molar-refractivity contribution is 6.08. The molecule has 6 bridgehead atoms. The van der Waals surface area contributed by atoms with Gasteiger partial charge in [-0.05, 0) is 285 Å². The van der Waals surface area contributed by atoms with E-state index in [2.05, 4.69) is 198 Å².